The normalized spacial score (nSPS) is 13.8. The maximum Gasteiger partial charge on any atom is 0.410 e. The van der Waals surface area contributed by atoms with E-state index < -0.39 is 42.4 Å². The summed E-state index contributed by atoms with van der Waals surface area (Å²) in [6.45, 7) is 3.67. The van der Waals surface area contributed by atoms with Gasteiger partial charge >= 0.3 is 12.1 Å². The van der Waals surface area contributed by atoms with Crippen molar-refractivity contribution in [1.29, 1.82) is 0 Å². The van der Waals surface area contributed by atoms with Crippen LogP contribution in [0.1, 0.15) is 37.3 Å². The van der Waals surface area contributed by atoms with Crippen molar-refractivity contribution in [3.63, 3.8) is 0 Å². The second-order valence-electron chi connectivity index (χ2n) is 9.90. The highest BCUT2D eigenvalue weighted by Crippen LogP contribution is 2.44. The first kappa shape index (κ1) is 27.7. The minimum absolute atomic E-state index is 0.104. The van der Waals surface area contributed by atoms with Crippen molar-refractivity contribution in [3.05, 3.63) is 59.7 Å². The monoisotopic (exact) mass is 509 g/mol. The Morgan fingerprint density at radius 2 is 1.35 bits per heavy atom. The van der Waals surface area contributed by atoms with Gasteiger partial charge in [-0.25, -0.2) is 4.79 Å². The van der Waals surface area contributed by atoms with Crippen molar-refractivity contribution in [1.82, 2.24) is 14.7 Å². The van der Waals surface area contributed by atoms with E-state index in [2.05, 4.69) is 0 Å². The summed E-state index contributed by atoms with van der Waals surface area (Å²) in [5.74, 6) is -2.69. The first-order valence-corrected chi connectivity index (χ1v) is 12.2. The third-order valence-electron chi connectivity index (χ3n) is 6.83. The zero-order valence-corrected chi connectivity index (χ0v) is 22.2. The van der Waals surface area contributed by atoms with E-state index in [1.165, 1.54) is 38.0 Å². The molecular weight excluding hydrogens is 474 g/mol. The fourth-order valence-electron chi connectivity index (χ4n) is 4.92. The summed E-state index contributed by atoms with van der Waals surface area (Å²) in [5, 5.41) is 9.31. The van der Waals surface area contributed by atoms with Gasteiger partial charge in [-0.15, -0.1) is 0 Å². The number of hydrogen-bond acceptors (Lipinski definition) is 5. The molecule has 198 valence electrons. The number of aliphatic carboxylic acids is 1. The number of hydrogen-bond donors (Lipinski definition) is 1. The third-order valence-corrected chi connectivity index (χ3v) is 6.83. The van der Waals surface area contributed by atoms with E-state index in [1.54, 1.807) is 13.8 Å². The van der Waals surface area contributed by atoms with E-state index in [-0.39, 0.29) is 18.4 Å². The lowest BCUT2D eigenvalue weighted by molar-refractivity contribution is -0.150. The largest absolute Gasteiger partial charge is 0.481 e. The van der Waals surface area contributed by atoms with Gasteiger partial charge in [0.25, 0.3) is 0 Å². The highest BCUT2D eigenvalue weighted by atomic mass is 16.6. The van der Waals surface area contributed by atoms with Crippen LogP contribution in [0.25, 0.3) is 11.1 Å². The number of ether oxygens (including phenoxy) is 1. The van der Waals surface area contributed by atoms with Crippen molar-refractivity contribution >= 4 is 23.9 Å². The van der Waals surface area contributed by atoms with Crippen LogP contribution in [0.3, 0.4) is 0 Å². The van der Waals surface area contributed by atoms with Gasteiger partial charge in [0.05, 0.1) is 6.42 Å². The summed E-state index contributed by atoms with van der Waals surface area (Å²) in [4.78, 5) is 54.3. The van der Waals surface area contributed by atoms with Crippen LogP contribution in [0.4, 0.5) is 4.79 Å². The number of nitrogens with zero attached hydrogens (tertiary/aromatic N) is 3. The lowest BCUT2D eigenvalue weighted by Crippen LogP contribution is -2.56. The Labute approximate surface area is 217 Å². The van der Waals surface area contributed by atoms with Gasteiger partial charge in [-0.3, -0.25) is 19.3 Å². The molecule has 0 aliphatic heterocycles. The average Bonchev–Trinajstić information content (AvgIpc) is 3.18. The molecule has 0 heterocycles. The van der Waals surface area contributed by atoms with Crippen molar-refractivity contribution in [2.75, 3.05) is 34.8 Å². The van der Waals surface area contributed by atoms with Gasteiger partial charge in [-0.2, -0.15) is 0 Å². The van der Waals surface area contributed by atoms with Crippen LogP contribution in [0.2, 0.25) is 0 Å². The predicted molar refractivity (Wildman–Crippen MR) is 139 cm³/mol. The van der Waals surface area contributed by atoms with Crippen LogP contribution in [0.5, 0.6) is 0 Å². The molecule has 2 atom stereocenters. The highest BCUT2D eigenvalue weighted by molar-refractivity contribution is 5.93. The molecule has 0 fully saturated rings. The quantitative estimate of drug-likeness (QED) is 0.556. The average molecular weight is 510 g/mol. The molecule has 3 amide bonds. The van der Waals surface area contributed by atoms with E-state index in [0.29, 0.717) is 0 Å². The molecular formula is C28H35N3O6. The number of carbonyl (C=O) groups excluding carboxylic acids is 3. The number of amides is 3. The summed E-state index contributed by atoms with van der Waals surface area (Å²) in [7, 11) is 5.87. The molecule has 0 saturated heterocycles. The van der Waals surface area contributed by atoms with Gasteiger partial charge in [0.2, 0.25) is 11.8 Å². The van der Waals surface area contributed by atoms with E-state index >= 15 is 0 Å². The van der Waals surface area contributed by atoms with Gasteiger partial charge in [0.15, 0.2) is 0 Å². The SMILES string of the molecule is CC(C)[C@H](C(=O)N(C)[C@@H](CC(=O)O)C(=O)N(C)C)N(C)C(=O)OCC1c2ccccc2-c2ccccc21. The van der Waals surface area contributed by atoms with Gasteiger partial charge in [-0.05, 0) is 28.2 Å². The fourth-order valence-corrected chi connectivity index (χ4v) is 4.92. The third kappa shape index (κ3) is 5.76. The number of benzene rings is 2. The van der Waals surface area contributed by atoms with Crippen LogP contribution >= 0.6 is 0 Å². The number of carboxylic acid groups (broad SMARTS) is 1. The summed E-state index contributed by atoms with van der Waals surface area (Å²) < 4.78 is 5.72. The summed E-state index contributed by atoms with van der Waals surface area (Å²) in [5.41, 5.74) is 4.38. The molecule has 3 rings (SSSR count). The molecule has 0 spiro atoms. The van der Waals surface area contributed by atoms with Crippen LogP contribution in [-0.4, -0.2) is 90.6 Å². The van der Waals surface area contributed by atoms with Gasteiger partial charge in [-0.1, -0.05) is 62.4 Å². The van der Waals surface area contributed by atoms with E-state index in [0.717, 1.165) is 27.2 Å². The summed E-state index contributed by atoms with van der Waals surface area (Å²) in [6, 6.07) is 13.9. The smallest absolute Gasteiger partial charge is 0.410 e. The van der Waals surface area contributed by atoms with E-state index in [4.69, 9.17) is 4.74 Å². The number of fused-ring (bicyclic) bond motifs is 3. The highest BCUT2D eigenvalue weighted by Gasteiger charge is 2.39. The first-order valence-electron chi connectivity index (χ1n) is 12.2. The van der Waals surface area contributed by atoms with E-state index in [9.17, 15) is 24.3 Å². The molecule has 37 heavy (non-hydrogen) atoms. The van der Waals surface area contributed by atoms with E-state index in [1.807, 2.05) is 48.5 Å². The molecule has 0 radical (unpaired) electrons. The number of carboxylic acids is 1. The number of likely N-dealkylation sites (N-methyl/N-ethyl adjacent to an activating group) is 3. The molecule has 0 unspecified atom stereocenters. The predicted octanol–water partition coefficient (Wildman–Crippen LogP) is 3.28. The molecule has 2 aromatic carbocycles. The second kappa shape index (κ2) is 11.5. The van der Waals surface area contributed by atoms with Crippen molar-refractivity contribution in [3.8, 4) is 11.1 Å². The minimum atomic E-state index is -1.20. The number of carbonyl (C=O) groups is 4. The molecule has 9 nitrogen and oxygen atoms in total. The van der Waals surface area contributed by atoms with Crippen LogP contribution in [-0.2, 0) is 19.1 Å². The number of rotatable bonds is 9. The molecule has 2 aromatic rings. The van der Waals surface area contributed by atoms with Crippen LogP contribution in [0.15, 0.2) is 48.5 Å². The maximum atomic E-state index is 13.5. The van der Waals surface area contributed by atoms with Crippen LogP contribution < -0.4 is 0 Å². The van der Waals surface area contributed by atoms with Gasteiger partial charge < -0.3 is 19.6 Å². The lowest BCUT2D eigenvalue weighted by Gasteiger charge is -2.36. The Hall–Kier alpha value is -3.88. The maximum absolute atomic E-state index is 13.5. The molecule has 1 aliphatic rings. The standard InChI is InChI=1S/C28H35N3O6/c1-17(2)25(27(35)30(5)23(15-24(32)33)26(34)29(3)4)31(6)28(36)37-16-22-20-13-9-7-11-18(20)19-12-8-10-14-21(19)22/h7-14,17,22-23,25H,15-16H2,1-6H3,(H,32,33)/t23-,25+/m0/s1. The Morgan fingerprint density at radius 1 is 0.838 bits per heavy atom. The molecule has 0 aromatic heterocycles. The Kier molecular flexibility index (Phi) is 8.57. The second-order valence-corrected chi connectivity index (χ2v) is 9.90. The van der Waals surface area contributed by atoms with Gasteiger partial charge in [0, 0.05) is 34.1 Å². The van der Waals surface area contributed by atoms with Crippen molar-refractivity contribution in [2.24, 2.45) is 5.92 Å². The Bertz CT molecular complexity index is 1130. The zero-order chi connectivity index (χ0) is 27.4. The summed E-state index contributed by atoms with van der Waals surface area (Å²) in [6.07, 6.45) is -1.21. The lowest BCUT2D eigenvalue weighted by atomic mass is 9.98. The van der Waals surface area contributed by atoms with Crippen molar-refractivity contribution in [2.45, 2.75) is 38.3 Å². The fraction of sp³-hybridized carbons (Fsp3) is 0.429. The minimum Gasteiger partial charge on any atom is -0.481 e. The molecule has 9 heteroatoms. The topological polar surface area (TPSA) is 107 Å². The summed E-state index contributed by atoms with van der Waals surface area (Å²) >= 11 is 0. The van der Waals surface area contributed by atoms with Crippen LogP contribution in [0, 0.1) is 5.92 Å². The zero-order valence-electron chi connectivity index (χ0n) is 22.2. The molecule has 1 N–H and O–H groups in total. The van der Waals surface area contributed by atoms with Crippen molar-refractivity contribution < 1.29 is 29.0 Å². The van der Waals surface area contributed by atoms with Gasteiger partial charge in [0.1, 0.15) is 18.7 Å². The Morgan fingerprint density at radius 3 is 1.81 bits per heavy atom. The first-order chi connectivity index (χ1) is 17.5. The Balaban J connectivity index is 1.77. The molecule has 1 aliphatic carbocycles. The molecule has 0 bridgehead atoms. The molecule has 0 saturated carbocycles.